The zero-order valence-corrected chi connectivity index (χ0v) is 14.4. The lowest BCUT2D eigenvalue weighted by atomic mass is 10.0. The highest BCUT2D eigenvalue weighted by Crippen LogP contribution is 2.15. The lowest BCUT2D eigenvalue weighted by Gasteiger charge is -2.37. The molecule has 126 valence electrons. The van der Waals surface area contributed by atoms with E-state index in [2.05, 4.69) is 36.2 Å². The Balaban J connectivity index is 1.54. The van der Waals surface area contributed by atoms with Crippen LogP contribution in [-0.4, -0.2) is 61.0 Å². The molecule has 1 N–H and O–H groups in total. The molecule has 2 fully saturated rings. The van der Waals surface area contributed by atoms with Gasteiger partial charge in [0.1, 0.15) is 0 Å². The molecule has 1 aromatic rings. The van der Waals surface area contributed by atoms with E-state index in [0.29, 0.717) is 12.0 Å². The normalized spacial score (nSPS) is 22.7. The number of piperazine rings is 1. The summed E-state index contributed by atoms with van der Waals surface area (Å²) >= 11 is 0. The van der Waals surface area contributed by atoms with Crippen LogP contribution >= 0.6 is 0 Å². The van der Waals surface area contributed by atoms with Gasteiger partial charge in [0.2, 0.25) is 0 Å². The Labute approximate surface area is 139 Å². The second-order valence-corrected chi connectivity index (χ2v) is 7.27. The van der Waals surface area contributed by atoms with Crippen LogP contribution in [0.4, 0.5) is 0 Å². The number of hydrogen-bond acceptors (Lipinski definition) is 3. The van der Waals surface area contributed by atoms with E-state index in [4.69, 9.17) is 0 Å². The highest BCUT2D eigenvalue weighted by atomic mass is 16.2. The molecule has 0 aliphatic carbocycles. The Morgan fingerprint density at radius 2 is 1.87 bits per heavy atom. The van der Waals surface area contributed by atoms with Crippen molar-refractivity contribution in [2.24, 2.45) is 5.92 Å². The number of benzene rings is 1. The van der Waals surface area contributed by atoms with Gasteiger partial charge in [0.15, 0.2) is 0 Å². The summed E-state index contributed by atoms with van der Waals surface area (Å²) in [5.74, 6) is 0.833. The zero-order chi connectivity index (χ0) is 16.2. The molecule has 0 radical (unpaired) electrons. The Bertz CT molecular complexity index is 512. The molecule has 1 aromatic carbocycles. The van der Waals surface area contributed by atoms with Gasteiger partial charge in [-0.1, -0.05) is 26.0 Å². The maximum Gasteiger partial charge on any atom is 0.253 e. The number of nitrogens with zero attached hydrogens (tertiary/aromatic N) is 2. The van der Waals surface area contributed by atoms with E-state index in [1.807, 2.05) is 17.0 Å². The summed E-state index contributed by atoms with van der Waals surface area (Å²) in [6.07, 6.45) is 2.31. The standard InChI is InChI=1S/C19H29N3O/c1-15(2)13-16-3-5-17(6-4-16)19(23)22-11-9-21(10-12-22)18-7-8-20-14-18/h3-6,15,18,20H,7-14H2,1-2H3. The number of rotatable bonds is 4. The molecule has 2 aliphatic heterocycles. The van der Waals surface area contributed by atoms with Gasteiger partial charge in [-0.25, -0.2) is 0 Å². The number of nitrogens with one attached hydrogen (secondary N) is 1. The number of carbonyl (C=O) groups is 1. The van der Waals surface area contributed by atoms with Crippen molar-refractivity contribution in [2.45, 2.75) is 32.7 Å². The third-order valence-corrected chi connectivity index (χ3v) is 5.00. The Morgan fingerprint density at radius 3 is 2.43 bits per heavy atom. The van der Waals surface area contributed by atoms with E-state index < -0.39 is 0 Å². The molecule has 4 heteroatoms. The van der Waals surface area contributed by atoms with Gasteiger partial charge >= 0.3 is 0 Å². The van der Waals surface area contributed by atoms with E-state index in [0.717, 1.165) is 51.3 Å². The van der Waals surface area contributed by atoms with Crippen LogP contribution in [-0.2, 0) is 6.42 Å². The van der Waals surface area contributed by atoms with Crippen LogP contribution in [0.2, 0.25) is 0 Å². The minimum Gasteiger partial charge on any atom is -0.336 e. The van der Waals surface area contributed by atoms with Gasteiger partial charge in [0.25, 0.3) is 5.91 Å². The summed E-state index contributed by atoms with van der Waals surface area (Å²) in [6.45, 7) is 10.4. The summed E-state index contributed by atoms with van der Waals surface area (Å²) in [6, 6.07) is 8.87. The predicted molar refractivity (Wildman–Crippen MR) is 93.7 cm³/mol. The molecule has 0 aromatic heterocycles. The number of amides is 1. The smallest absolute Gasteiger partial charge is 0.253 e. The first-order valence-corrected chi connectivity index (χ1v) is 8.96. The first-order chi connectivity index (χ1) is 11.1. The fraction of sp³-hybridized carbons (Fsp3) is 0.632. The van der Waals surface area contributed by atoms with Gasteiger partial charge in [-0.2, -0.15) is 0 Å². The second-order valence-electron chi connectivity index (χ2n) is 7.27. The van der Waals surface area contributed by atoms with Crippen LogP contribution < -0.4 is 5.32 Å². The van der Waals surface area contributed by atoms with Crippen LogP contribution in [0.5, 0.6) is 0 Å². The largest absolute Gasteiger partial charge is 0.336 e. The maximum absolute atomic E-state index is 12.7. The van der Waals surface area contributed by atoms with Crippen molar-refractivity contribution < 1.29 is 4.79 Å². The van der Waals surface area contributed by atoms with Crippen molar-refractivity contribution in [3.8, 4) is 0 Å². The molecular formula is C19H29N3O. The molecule has 3 rings (SSSR count). The van der Waals surface area contributed by atoms with Crippen LogP contribution in [0.15, 0.2) is 24.3 Å². The second kappa shape index (κ2) is 7.45. The van der Waals surface area contributed by atoms with Crippen LogP contribution in [0.25, 0.3) is 0 Å². The van der Waals surface area contributed by atoms with Crippen LogP contribution in [0.1, 0.15) is 36.2 Å². The van der Waals surface area contributed by atoms with Crippen molar-refractivity contribution >= 4 is 5.91 Å². The first-order valence-electron chi connectivity index (χ1n) is 8.96. The molecule has 1 unspecified atom stereocenters. The van der Waals surface area contributed by atoms with Gasteiger partial charge in [-0.15, -0.1) is 0 Å². The molecule has 2 saturated heterocycles. The van der Waals surface area contributed by atoms with Crippen LogP contribution in [0.3, 0.4) is 0 Å². The fourth-order valence-electron chi connectivity index (χ4n) is 3.68. The number of hydrogen-bond donors (Lipinski definition) is 1. The summed E-state index contributed by atoms with van der Waals surface area (Å²) in [5, 5.41) is 3.43. The van der Waals surface area contributed by atoms with Crippen LogP contribution in [0, 0.1) is 5.92 Å². The minimum absolute atomic E-state index is 0.185. The molecule has 23 heavy (non-hydrogen) atoms. The topological polar surface area (TPSA) is 35.6 Å². The van der Waals surface area contributed by atoms with Gasteiger partial charge in [0, 0.05) is 44.3 Å². The highest BCUT2D eigenvalue weighted by molar-refractivity contribution is 5.94. The molecule has 2 aliphatic rings. The van der Waals surface area contributed by atoms with Gasteiger partial charge in [0.05, 0.1) is 0 Å². The minimum atomic E-state index is 0.185. The van der Waals surface area contributed by atoms with E-state index in [9.17, 15) is 4.79 Å². The summed E-state index contributed by atoms with van der Waals surface area (Å²) in [7, 11) is 0. The quantitative estimate of drug-likeness (QED) is 0.923. The van der Waals surface area contributed by atoms with E-state index in [1.165, 1.54) is 12.0 Å². The maximum atomic E-state index is 12.7. The molecular weight excluding hydrogens is 286 g/mol. The van der Waals surface area contributed by atoms with Gasteiger partial charge in [-0.3, -0.25) is 9.69 Å². The fourth-order valence-corrected chi connectivity index (χ4v) is 3.68. The van der Waals surface area contributed by atoms with Gasteiger partial charge < -0.3 is 10.2 Å². The summed E-state index contributed by atoms with van der Waals surface area (Å²) in [5.41, 5.74) is 2.14. The third kappa shape index (κ3) is 4.12. The van der Waals surface area contributed by atoms with Crippen molar-refractivity contribution in [2.75, 3.05) is 39.3 Å². The van der Waals surface area contributed by atoms with Crippen molar-refractivity contribution in [3.05, 3.63) is 35.4 Å². The Morgan fingerprint density at radius 1 is 1.17 bits per heavy atom. The molecule has 1 amide bonds. The summed E-state index contributed by atoms with van der Waals surface area (Å²) in [4.78, 5) is 17.2. The molecule has 1 atom stereocenters. The monoisotopic (exact) mass is 315 g/mol. The van der Waals surface area contributed by atoms with Gasteiger partial charge in [-0.05, 0) is 43.0 Å². The first kappa shape index (κ1) is 16.5. The Kier molecular flexibility index (Phi) is 5.34. The average Bonchev–Trinajstić information content (AvgIpc) is 3.09. The lowest BCUT2D eigenvalue weighted by Crippen LogP contribution is -2.52. The molecule has 4 nitrogen and oxygen atoms in total. The van der Waals surface area contributed by atoms with E-state index in [-0.39, 0.29) is 5.91 Å². The van der Waals surface area contributed by atoms with E-state index in [1.54, 1.807) is 0 Å². The molecule has 0 bridgehead atoms. The third-order valence-electron chi connectivity index (χ3n) is 5.00. The zero-order valence-electron chi connectivity index (χ0n) is 14.4. The Hall–Kier alpha value is -1.39. The molecule has 2 heterocycles. The summed E-state index contributed by atoms with van der Waals surface area (Å²) < 4.78 is 0. The SMILES string of the molecule is CC(C)Cc1ccc(C(=O)N2CCN(C3CCNC3)CC2)cc1. The van der Waals surface area contributed by atoms with Crippen molar-refractivity contribution in [1.82, 2.24) is 15.1 Å². The highest BCUT2D eigenvalue weighted by Gasteiger charge is 2.28. The lowest BCUT2D eigenvalue weighted by molar-refractivity contribution is 0.0584. The number of carbonyl (C=O) groups excluding carboxylic acids is 1. The van der Waals surface area contributed by atoms with Crippen molar-refractivity contribution in [1.29, 1.82) is 0 Å². The molecule has 0 spiro atoms. The average molecular weight is 315 g/mol. The predicted octanol–water partition coefficient (Wildman–Crippen LogP) is 2.00. The van der Waals surface area contributed by atoms with E-state index >= 15 is 0 Å². The molecule has 0 saturated carbocycles. The van der Waals surface area contributed by atoms with Crippen molar-refractivity contribution in [3.63, 3.8) is 0 Å².